The van der Waals surface area contributed by atoms with Crippen LogP contribution in [0.2, 0.25) is 0 Å². The van der Waals surface area contributed by atoms with Crippen LogP contribution >= 0.6 is 0 Å². The largest absolute Gasteiger partial charge is 0.389 e. The standard InChI is InChI=1S/C29H34F2N8O2/c1-5-18-13-32-28(33-14-18)38-10-8-20(9-11-38)39-15-22(31)24-25(34-17-35-26(24)39)36-23-7-6-19(12-21(23)30)27(40)37(4)16-29(2,3)41/h6-7,12-15,17,20,41H,5,8-11,16H2,1-4H3,(H,34,35,36). The first-order valence-corrected chi connectivity index (χ1v) is 13.7. The molecule has 1 aliphatic heterocycles. The van der Waals surface area contributed by atoms with Gasteiger partial charge < -0.3 is 24.8 Å². The first-order valence-electron chi connectivity index (χ1n) is 13.7. The van der Waals surface area contributed by atoms with E-state index in [0.717, 1.165) is 44.0 Å². The van der Waals surface area contributed by atoms with Crippen LogP contribution in [0.4, 0.5) is 26.2 Å². The zero-order chi connectivity index (χ0) is 29.3. The van der Waals surface area contributed by atoms with Crippen LogP contribution in [0.15, 0.2) is 43.1 Å². The highest BCUT2D eigenvalue weighted by Crippen LogP contribution is 2.33. The molecular weight excluding hydrogens is 530 g/mol. The van der Waals surface area contributed by atoms with Gasteiger partial charge in [0.05, 0.1) is 16.7 Å². The monoisotopic (exact) mass is 564 g/mol. The van der Waals surface area contributed by atoms with Crippen molar-refractivity contribution in [3.63, 3.8) is 0 Å². The first kappa shape index (κ1) is 28.3. The Bertz CT molecular complexity index is 1540. The molecule has 1 saturated heterocycles. The number of aromatic nitrogens is 5. The molecule has 1 aromatic carbocycles. The Morgan fingerprint density at radius 2 is 1.83 bits per heavy atom. The molecule has 0 unspecified atom stereocenters. The number of benzene rings is 1. The number of aryl methyl sites for hydroxylation is 1. The Labute approximate surface area is 237 Å². The molecule has 1 fully saturated rings. The molecule has 5 rings (SSSR count). The molecule has 0 bridgehead atoms. The van der Waals surface area contributed by atoms with Gasteiger partial charge in [-0.2, -0.15) is 0 Å². The average Bonchev–Trinajstić information content (AvgIpc) is 3.30. The molecule has 1 aliphatic rings. The van der Waals surface area contributed by atoms with E-state index in [4.69, 9.17) is 0 Å². The van der Waals surface area contributed by atoms with E-state index in [2.05, 4.69) is 37.1 Å². The molecule has 1 amide bonds. The van der Waals surface area contributed by atoms with E-state index < -0.39 is 23.1 Å². The number of nitrogens with zero attached hydrogens (tertiary/aromatic N) is 7. The minimum atomic E-state index is -1.09. The van der Waals surface area contributed by atoms with Gasteiger partial charge in [0, 0.05) is 56.9 Å². The molecular formula is C29H34F2N8O2. The highest BCUT2D eigenvalue weighted by Gasteiger charge is 2.26. The maximum absolute atomic E-state index is 15.3. The lowest BCUT2D eigenvalue weighted by Gasteiger charge is -2.32. The second-order valence-corrected chi connectivity index (χ2v) is 11.1. The summed E-state index contributed by atoms with van der Waals surface area (Å²) >= 11 is 0. The highest BCUT2D eigenvalue weighted by atomic mass is 19.1. The lowest BCUT2D eigenvalue weighted by atomic mass is 10.1. The zero-order valence-corrected chi connectivity index (χ0v) is 23.6. The normalized spacial score (nSPS) is 14.5. The smallest absolute Gasteiger partial charge is 0.253 e. The van der Waals surface area contributed by atoms with E-state index in [-0.39, 0.29) is 35.0 Å². The van der Waals surface area contributed by atoms with Gasteiger partial charge in [0.1, 0.15) is 23.6 Å². The minimum absolute atomic E-state index is 0.0128. The third kappa shape index (κ3) is 6.12. The Balaban J connectivity index is 1.32. The number of fused-ring (bicyclic) bond motifs is 1. The molecule has 4 heterocycles. The molecule has 0 atom stereocenters. The fourth-order valence-electron chi connectivity index (χ4n) is 5.20. The van der Waals surface area contributed by atoms with Gasteiger partial charge in [-0.25, -0.2) is 28.7 Å². The van der Waals surface area contributed by atoms with E-state index in [1.165, 1.54) is 36.6 Å². The number of anilines is 3. The van der Waals surface area contributed by atoms with Crippen LogP contribution in [0.3, 0.4) is 0 Å². The van der Waals surface area contributed by atoms with E-state index in [1.54, 1.807) is 13.8 Å². The summed E-state index contributed by atoms with van der Waals surface area (Å²) < 4.78 is 32.2. The molecule has 41 heavy (non-hydrogen) atoms. The number of carbonyl (C=O) groups is 1. The predicted molar refractivity (Wildman–Crippen MR) is 152 cm³/mol. The SMILES string of the molecule is CCc1cnc(N2CCC(n3cc(F)c4c(Nc5ccc(C(=O)N(C)CC(C)(C)O)cc5F)ncnc43)CC2)nc1. The molecule has 0 radical (unpaired) electrons. The molecule has 12 heteroatoms. The van der Waals surface area contributed by atoms with Gasteiger partial charge in [-0.15, -0.1) is 0 Å². The number of amides is 1. The van der Waals surface area contributed by atoms with Crippen molar-refractivity contribution in [1.82, 2.24) is 29.4 Å². The van der Waals surface area contributed by atoms with Gasteiger partial charge in [0.25, 0.3) is 5.91 Å². The summed E-state index contributed by atoms with van der Waals surface area (Å²) in [5.41, 5.74) is 0.586. The quantitative estimate of drug-likeness (QED) is 0.322. The Morgan fingerprint density at radius 1 is 1.12 bits per heavy atom. The molecule has 10 nitrogen and oxygen atoms in total. The number of rotatable bonds is 8. The second kappa shape index (κ2) is 11.4. The maximum Gasteiger partial charge on any atom is 0.253 e. The third-order valence-corrected chi connectivity index (χ3v) is 7.24. The van der Waals surface area contributed by atoms with Crippen molar-refractivity contribution in [2.45, 2.75) is 51.7 Å². The van der Waals surface area contributed by atoms with E-state index in [1.807, 2.05) is 17.0 Å². The third-order valence-electron chi connectivity index (χ3n) is 7.24. The lowest BCUT2D eigenvalue weighted by molar-refractivity contribution is 0.0367. The van der Waals surface area contributed by atoms with Crippen LogP contribution in [0.1, 0.15) is 55.6 Å². The number of halogens is 2. The van der Waals surface area contributed by atoms with Gasteiger partial charge in [-0.1, -0.05) is 6.92 Å². The van der Waals surface area contributed by atoms with Crippen molar-refractivity contribution < 1.29 is 18.7 Å². The van der Waals surface area contributed by atoms with Crippen LogP contribution in [0.5, 0.6) is 0 Å². The molecule has 0 spiro atoms. The van der Waals surface area contributed by atoms with Crippen molar-refractivity contribution in [2.24, 2.45) is 0 Å². The summed E-state index contributed by atoms with van der Waals surface area (Å²) in [5, 5.41) is 13.0. The van der Waals surface area contributed by atoms with Crippen molar-refractivity contribution in [2.75, 3.05) is 36.9 Å². The van der Waals surface area contributed by atoms with E-state index in [9.17, 15) is 9.90 Å². The number of aliphatic hydroxyl groups is 1. The minimum Gasteiger partial charge on any atom is -0.389 e. The van der Waals surface area contributed by atoms with Crippen LogP contribution in [0, 0.1) is 11.6 Å². The van der Waals surface area contributed by atoms with E-state index >= 15 is 8.78 Å². The Hall–Kier alpha value is -4.19. The van der Waals surface area contributed by atoms with Crippen LogP contribution < -0.4 is 10.2 Å². The van der Waals surface area contributed by atoms with Crippen LogP contribution in [0.25, 0.3) is 11.0 Å². The Kier molecular flexibility index (Phi) is 7.85. The lowest BCUT2D eigenvalue weighted by Crippen LogP contribution is -2.39. The molecule has 0 saturated carbocycles. The average molecular weight is 565 g/mol. The fraction of sp³-hybridized carbons (Fsp3) is 0.414. The summed E-state index contributed by atoms with van der Waals surface area (Å²) in [6, 6.07) is 4.01. The van der Waals surface area contributed by atoms with E-state index in [0.29, 0.717) is 11.6 Å². The van der Waals surface area contributed by atoms with Gasteiger partial charge in [-0.3, -0.25) is 4.79 Å². The maximum atomic E-state index is 15.3. The number of piperidine rings is 1. The van der Waals surface area contributed by atoms with Crippen LogP contribution in [-0.2, 0) is 6.42 Å². The number of carbonyl (C=O) groups excluding carboxylic acids is 1. The van der Waals surface area contributed by atoms with Crippen LogP contribution in [-0.4, -0.2) is 72.7 Å². The van der Waals surface area contributed by atoms with Crippen molar-refractivity contribution in [3.8, 4) is 0 Å². The molecule has 2 N–H and O–H groups in total. The fourth-order valence-corrected chi connectivity index (χ4v) is 5.20. The summed E-state index contributed by atoms with van der Waals surface area (Å²) in [4.78, 5) is 33.6. The van der Waals surface area contributed by atoms with Gasteiger partial charge >= 0.3 is 0 Å². The van der Waals surface area contributed by atoms with Gasteiger partial charge in [0.2, 0.25) is 5.95 Å². The predicted octanol–water partition coefficient (Wildman–Crippen LogP) is 4.49. The van der Waals surface area contributed by atoms with Gasteiger partial charge in [-0.05, 0) is 56.9 Å². The number of hydrogen-bond donors (Lipinski definition) is 2. The number of likely N-dealkylation sites (N-methyl/N-ethyl adjacent to an activating group) is 1. The summed E-state index contributed by atoms with van der Waals surface area (Å²) in [7, 11) is 1.54. The first-order chi connectivity index (χ1) is 19.5. The number of nitrogens with one attached hydrogen (secondary N) is 1. The topological polar surface area (TPSA) is 112 Å². The second-order valence-electron chi connectivity index (χ2n) is 11.1. The van der Waals surface area contributed by atoms with Gasteiger partial charge in [0.15, 0.2) is 5.82 Å². The molecule has 216 valence electrons. The molecule has 4 aromatic rings. The molecule has 3 aromatic heterocycles. The van der Waals surface area contributed by atoms with Crippen molar-refractivity contribution >= 4 is 34.4 Å². The Morgan fingerprint density at radius 3 is 2.46 bits per heavy atom. The number of hydrogen-bond acceptors (Lipinski definition) is 8. The summed E-state index contributed by atoms with van der Waals surface area (Å²) in [6.07, 6.45) is 8.82. The zero-order valence-electron chi connectivity index (χ0n) is 23.6. The summed E-state index contributed by atoms with van der Waals surface area (Å²) in [5.74, 6) is -0.812. The van der Waals surface area contributed by atoms with Crippen molar-refractivity contribution in [1.29, 1.82) is 0 Å². The molecule has 0 aliphatic carbocycles. The highest BCUT2D eigenvalue weighted by molar-refractivity contribution is 5.95. The summed E-state index contributed by atoms with van der Waals surface area (Å²) in [6.45, 7) is 6.75. The van der Waals surface area contributed by atoms with Crippen molar-refractivity contribution in [3.05, 3.63) is 65.9 Å².